The number of piperidine rings is 1. The number of anilines is 1. The van der Waals surface area contributed by atoms with Crippen molar-refractivity contribution in [3.05, 3.63) is 65.2 Å². The number of likely N-dealkylation sites (tertiary alicyclic amines) is 1. The maximum atomic E-state index is 12.9. The van der Waals surface area contributed by atoms with E-state index in [-0.39, 0.29) is 17.7 Å². The van der Waals surface area contributed by atoms with Crippen LogP contribution in [0.5, 0.6) is 0 Å². The molecule has 2 saturated heterocycles. The third kappa shape index (κ3) is 6.03. The Kier molecular flexibility index (Phi) is 8.22. The standard InChI is InChI=1S/C27H36N6O3/c1-18(27(35)31-17-19-2-4-21(5-3-19)25(28)29)33-11-10-22(16-24(33)26(30)34)20-6-8-23(9-7-20)32-12-14-36-15-13-32/h2-9,18,22,24H,10-17H2,1H3,(H3,28,29)(H2,30,34)(H,31,35)/t18-,22?,24?/m0/s1. The molecular weight excluding hydrogens is 456 g/mol. The number of nitrogen functional groups attached to an aromatic ring is 1. The summed E-state index contributed by atoms with van der Waals surface area (Å²) in [6.07, 6.45) is 1.45. The lowest BCUT2D eigenvalue weighted by atomic mass is 9.84. The van der Waals surface area contributed by atoms with Gasteiger partial charge in [-0.15, -0.1) is 0 Å². The first kappa shape index (κ1) is 25.7. The summed E-state index contributed by atoms with van der Waals surface area (Å²) < 4.78 is 5.44. The van der Waals surface area contributed by atoms with Crippen LogP contribution >= 0.6 is 0 Å². The summed E-state index contributed by atoms with van der Waals surface area (Å²) in [5.74, 6) is -0.324. The van der Waals surface area contributed by atoms with Gasteiger partial charge in [0.1, 0.15) is 5.84 Å². The lowest BCUT2D eigenvalue weighted by Crippen LogP contribution is -2.56. The zero-order chi connectivity index (χ0) is 25.7. The summed E-state index contributed by atoms with van der Waals surface area (Å²) in [5, 5.41) is 10.4. The molecule has 2 amide bonds. The van der Waals surface area contributed by atoms with E-state index in [2.05, 4.69) is 34.5 Å². The molecule has 0 spiro atoms. The molecule has 192 valence electrons. The van der Waals surface area contributed by atoms with Gasteiger partial charge in [-0.2, -0.15) is 0 Å². The fourth-order valence-corrected chi connectivity index (χ4v) is 5.10. The SMILES string of the molecule is C[C@@H](C(=O)NCc1ccc(C(=N)N)cc1)N1CCC(c2ccc(N3CCOCC3)cc2)CC1C(N)=O. The topological polar surface area (TPSA) is 138 Å². The van der Waals surface area contributed by atoms with E-state index in [0.29, 0.717) is 25.1 Å². The zero-order valence-corrected chi connectivity index (χ0v) is 20.8. The van der Waals surface area contributed by atoms with Gasteiger partial charge in [-0.3, -0.25) is 19.9 Å². The highest BCUT2D eigenvalue weighted by Gasteiger charge is 2.37. The van der Waals surface area contributed by atoms with Crippen LogP contribution in [0.3, 0.4) is 0 Å². The molecule has 2 unspecified atom stereocenters. The Morgan fingerprint density at radius 1 is 1.06 bits per heavy atom. The summed E-state index contributed by atoms with van der Waals surface area (Å²) in [6.45, 7) is 6.08. The highest BCUT2D eigenvalue weighted by molar-refractivity contribution is 5.94. The van der Waals surface area contributed by atoms with Crippen molar-refractivity contribution >= 4 is 23.3 Å². The zero-order valence-electron chi connectivity index (χ0n) is 20.8. The Balaban J connectivity index is 1.35. The second kappa shape index (κ2) is 11.5. The Hall–Kier alpha value is -3.43. The second-order valence-electron chi connectivity index (χ2n) is 9.57. The molecule has 0 bridgehead atoms. The number of nitrogens with one attached hydrogen (secondary N) is 2. The highest BCUT2D eigenvalue weighted by atomic mass is 16.5. The molecule has 0 radical (unpaired) electrons. The molecule has 0 aromatic heterocycles. The molecule has 2 aromatic rings. The lowest BCUT2D eigenvalue weighted by Gasteiger charge is -2.41. The van der Waals surface area contributed by atoms with Gasteiger partial charge in [-0.25, -0.2) is 0 Å². The molecule has 36 heavy (non-hydrogen) atoms. The van der Waals surface area contributed by atoms with Crippen molar-refractivity contribution in [2.75, 3.05) is 37.7 Å². The van der Waals surface area contributed by atoms with Crippen molar-refractivity contribution in [2.24, 2.45) is 11.5 Å². The molecule has 2 aromatic carbocycles. The van der Waals surface area contributed by atoms with Crippen molar-refractivity contribution in [1.29, 1.82) is 5.41 Å². The average molecular weight is 493 g/mol. The molecule has 2 heterocycles. The van der Waals surface area contributed by atoms with Gasteiger partial charge in [-0.05, 0) is 48.9 Å². The predicted octanol–water partition coefficient (Wildman–Crippen LogP) is 1.55. The number of rotatable bonds is 8. The van der Waals surface area contributed by atoms with Crippen LogP contribution < -0.4 is 21.7 Å². The van der Waals surface area contributed by atoms with Gasteiger partial charge in [-0.1, -0.05) is 36.4 Å². The van der Waals surface area contributed by atoms with E-state index in [1.165, 1.54) is 11.3 Å². The number of benzene rings is 2. The Morgan fingerprint density at radius 2 is 1.72 bits per heavy atom. The molecule has 0 saturated carbocycles. The number of nitrogens with two attached hydrogens (primary N) is 2. The quantitative estimate of drug-likeness (QED) is 0.326. The van der Waals surface area contributed by atoms with E-state index >= 15 is 0 Å². The maximum Gasteiger partial charge on any atom is 0.237 e. The average Bonchev–Trinajstić information content (AvgIpc) is 2.91. The monoisotopic (exact) mass is 492 g/mol. The number of carbonyl (C=O) groups is 2. The Bertz CT molecular complexity index is 1070. The van der Waals surface area contributed by atoms with Crippen LogP contribution in [0.15, 0.2) is 48.5 Å². The first-order valence-corrected chi connectivity index (χ1v) is 12.5. The van der Waals surface area contributed by atoms with Gasteiger partial charge in [0, 0.05) is 37.4 Å². The minimum Gasteiger partial charge on any atom is -0.384 e. The maximum absolute atomic E-state index is 12.9. The first-order chi connectivity index (χ1) is 17.3. The summed E-state index contributed by atoms with van der Waals surface area (Å²) in [4.78, 5) is 29.6. The minimum atomic E-state index is -0.502. The molecule has 2 fully saturated rings. The van der Waals surface area contributed by atoms with Crippen molar-refractivity contribution in [3.63, 3.8) is 0 Å². The van der Waals surface area contributed by atoms with Crippen LogP contribution in [-0.4, -0.2) is 67.5 Å². The number of hydrogen-bond donors (Lipinski definition) is 4. The third-order valence-electron chi connectivity index (χ3n) is 7.32. The van der Waals surface area contributed by atoms with E-state index in [1.54, 1.807) is 12.1 Å². The lowest BCUT2D eigenvalue weighted by molar-refractivity contribution is -0.132. The number of morpholine rings is 1. The predicted molar refractivity (Wildman–Crippen MR) is 140 cm³/mol. The van der Waals surface area contributed by atoms with Crippen LogP contribution in [0.4, 0.5) is 5.69 Å². The van der Waals surface area contributed by atoms with Crippen LogP contribution in [0, 0.1) is 5.41 Å². The summed E-state index contributed by atoms with van der Waals surface area (Å²) in [6, 6.07) is 14.8. The number of amidine groups is 1. The van der Waals surface area contributed by atoms with Gasteiger partial charge in [0.25, 0.3) is 0 Å². The number of ether oxygens (including phenoxy) is 1. The first-order valence-electron chi connectivity index (χ1n) is 12.5. The van der Waals surface area contributed by atoms with Gasteiger partial charge in [0.2, 0.25) is 11.8 Å². The van der Waals surface area contributed by atoms with Crippen LogP contribution in [0.2, 0.25) is 0 Å². The van der Waals surface area contributed by atoms with E-state index in [0.717, 1.165) is 38.3 Å². The number of hydrogen-bond acceptors (Lipinski definition) is 6. The molecule has 2 aliphatic rings. The van der Waals surface area contributed by atoms with Crippen molar-refractivity contribution < 1.29 is 14.3 Å². The molecule has 9 nitrogen and oxygen atoms in total. The fraction of sp³-hybridized carbons (Fsp3) is 0.444. The van der Waals surface area contributed by atoms with Crippen LogP contribution in [-0.2, 0) is 20.9 Å². The number of primary amides is 1. The third-order valence-corrected chi connectivity index (χ3v) is 7.32. The smallest absolute Gasteiger partial charge is 0.237 e. The number of carbonyl (C=O) groups excluding carboxylic acids is 2. The molecule has 3 atom stereocenters. The fourth-order valence-electron chi connectivity index (χ4n) is 5.10. The van der Waals surface area contributed by atoms with E-state index < -0.39 is 18.0 Å². The van der Waals surface area contributed by atoms with Gasteiger partial charge >= 0.3 is 0 Å². The summed E-state index contributed by atoms with van der Waals surface area (Å²) in [5.41, 5.74) is 15.2. The number of nitrogens with zero attached hydrogens (tertiary/aromatic N) is 2. The summed E-state index contributed by atoms with van der Waals surface area (Å²) in [7, 11) is 0. The van der Waals surface area contributed by atoms with Gasteiger partial charge in [0.05, 0.1) is 25.3 Å². The van der Waals surface area contributed by atoms with E-state index in [1.807, 2.05) is 24.0 Å². The molecule has 6 N–H and O–H groups in total. The second-order valence-corrected chi connectivity index (χ2v) is 9.57. The molecule has 9 heteroatoms. The molecule has 2 aliphatic heterocycles. The van der Waals surface area contributed by atoms with Gasteiger partial charge in [0.15, 0.2) is 0 Å². The summed E-state index contributed by atoms with van der Waals surface area (Å²) >= 11 is 0. The molecule has 4 rings (SSSR count). The van der Waals surface area contributed by atoms with Crippen molar-refractivity contribution in [2.45, 2.75) is 44.3 Å². The highest BCUT2D eigenvalue weighted by Crippen LogP contribution is 2.33. The molecular formula is C27H36N6O3. The number of amides is 2. The minimum absolute atomic E-state index is 0.00755. The normalized spacial score (nSPS) is 21.5. The Labute approximate surface area is 212 Å². The van der Waals surface area contributed by atoms with Crippen LogP contribution in [0.1, 0.15) is 42.4 Å². The van der Waals surface area contributed by atoms with E-state index in [4.69, 9.17) is 21.6 Å². The molecule has 0 aliphatic carbocycles. The Morgan fingerprint density at radius 3 is 2.33 bits per heavy atom. The van der Waals surface area contributed by atoms with E-state index in [9.17, 15) is 9.59 Å². The largest absolute Gasteiger partial charge is 0.384 e. The van der Waals surface area contributed by atoms with Crippen molar-refractivity contribution in [3.8, 4) is 0 Å². The van der Waals surface area contributed by atoms with Crippen molar-refractivity contribution in [1.82, 2.24) is 10.2 Å². The van der Waals surface area contributed by atoms with Crippen LogP contribution in [0.25, 0.3) is 0 Å². The van der Waals surface area contributed by atoms with Gasteiger partial charge < -0.3 is 26.4 Å².